The van der Waals surface area contributed by atoms with Gasteiger partial charge in [0, 0.05) is 41.6 Å². The molecule has 55 heavy (non-hydrogen) atoms. The normalized spacial score (nSPS) is 24.4. The van der Waals surface area contributed by atoms with Gasteiger partial charge < -0.3 is 39.2 Å². The highest BCUT2D eigenvalue weighted by molar-refractivity contribution is 7.98. The Morgan fingerprint density at radius 2 is 1.69 bits per heavy atom. The van der Waals surface area contributed by atoms with Crippen molar-refractivity contribution >= 4 is 17.7 Å². The molecule has 3 aromatic rings. The molecule has 0 amide bonds. The summed E-state index contributed by atoms with van der Waals surface area (Å²) in [5, 5.41) is 25.6. The first-order valence-corrected chi connectivity index (χ1v) is 20.9. The molecule has 0 saturated carbocycles. The number of carbonyl (C=O) groups is 1. The summed E-state index contributed by atoms with van der Waals surface area (Å²) in [5.74, 6) is 2.17. The van der Waals surface area contributed by atoms with Gasteiger partial charge in [0.2, 0.25) is 6.79 Å². The Bertz CT molecular complexity index is 1920. The SMILES string of the molecule is CC.CCC.COc1cc2c(cc1O)CCNC2C(=O)OCC1c2c3c(c(C)c(C)c2C(SC)C2C4c5c(cc(C)c(OC)c5O)CC(CN12)N4C)OCO3. The Hall–Kier alpha value is -3.84. The maximum atomic E-state index is 14.1. The van der Waals surface area contributed by atoms with Crippen LogP contribution in [0.5, 0.6) is 34.5 Å². The molecule has 1 saturated heterocycles. The average molecular weight is 778 g/mol. The van der Waals surface area contributed by atoms with Crippen LogP contribution in [0.3, 0.4) is 0 Å². The van der Waals surface area contributed by atoms with E-state index in [0.717, 1.165) is 69.0 Å². The number of thioether (sulfide) groups is 1. The maximum Gasteiger partial charge on any atom is 0.327 e. The van der Waals surface area contributed by atoms with E-state index in [1.54, 1.807) is 31.0 Å². The molecular weight excluding hydrogens is 719 g/mol. The smallest absolute Gasteiger partial charge is 0.327 e. The summed E-state index contributed by atoms with van der Waals surface area (Å²) in [6.07, 6.45) is 4.85. The minimum atomic E-state index is -0.706. The third kappa shape index (κ3) is 6.76. The number of ether oxygens (including phenoxy) is 5. The van der Waals surface area contributed by atoms with Crippen molar-refractivity contribution < 1.29 is 38.7 Å². The van der Waals surface area contributed by atoms with Gasteiger partial charge in [0.05, 0.1) is 26.3 Å². The van der Waals surface area contributed by atoms with Crippen LogP contribution in [0, 0.1) is 20.8 Å². The second-order valence-electron chi connectivity index (χ2n) is 14.8. The summed E-state index contributed by atoms with van der Waals surface area (Å²) >= 11 is 1.80. The number of piperazine rings is 1. The van der Waals surface area contributed by atoms with Gasteiger partial charge in [-0.25, -0.2) is 4.79 Å². The van der Waals surface area contributed by atoms with Crippen molar-refractivity contribution in [2.24, 2.45) is 0 Å². The molecule has 5 aliphatic rings. The number of carbonyl (C=O) groups excluding carboxylic acids is 1. The van der Waals surface area contributed by atoms with Gasteiger partial charge in [0.15, 0.2) is 34.5 Å². The molecular formula is C43H59N3O8S. The van der Waals surface area contributed by atoms with E-state index in [0.29, 0.717) is 24.5 Å². The molecule has 2 bridgehead atoms. The highest BCUT2D eigenvalue weighted by atomic mass is 32.2. The van der Waals surface area contributed by atoms with Crippen molar-refractivity contribution in [2.75, 3.05) is 54.0 Å². The number of aryl methyl sites for hydroxylation is 1. The molecule has 11 nitrogen and oxygen atoms in total. The van der Waals surface area contributed by atoms with E-state index in [1.165, 1.54) is 19.1 Å². The van der Waals surface area contributed by atoms with Crippen LogP contribution in [0.25, 0.3) is 0 Å². The number of phenols is 2. The molecule has 0 radical (unpaired) electrons. The summed E-state index contributed by atoms with van der Waals surface area (Å²) in [6, 6.07) is 4.50. The molecule has 6 atom stereocenters. The molecule has 8 rings (SSSR count). The third-order valence-electron chi connectivity index (χ3n) is 11.8. The number of hydrogen-bond donors (Lipinski definition) is 3. The fraction of sp³-hybridized carbons (Fsp3) is 0.558. The summed E-state index contributed by atoms with van der Waals surface area (Å²) in [6.45, 7) is 16.0. The van der Waals surface area contributed by atoms with Crippen LogP contribution in [0.15, 0.2) is 18.2 Å². The number of hydrogen-bond acceptors (Lipinski definition) is 12. The van der Waals surface area contributed by atoms with Gasteiger partial charge in [-0.1, -0.05) is 40.2 Å². The van der Waals surface area contributed by atoms with Crippen LogP contribution in [0.1, 0.15) is 108 Å². The van der Waals surface area contributed by atoms with Crippen molar-refractivity contribution in [2.45, 2.75) is 103 Å². The van der Waals surface area contributed by atoms with Crippen LogP contribution in [-0.4, -0.2) is 92.1 Å². The number of benzene rings is 3. The van der Waals surface area contributed by atoms with Crippen LogP contribution in [-0.2, 0) is 22.4 Å². The fourth-order valence-corrected chi connectivity index (χ4v) is 10.5. The van der Waals surface area contributed by atoms with Gasteiger partial charge in [-0.2, -0.15) is 11.8 Å². The lowest BCUT2D eigenvalue weighted by Crippen LogP contribution is -2.65. The monoisotopic (exact) mass is 777 g/mol. The number of methoxy groups -OCH3 is 2. The predicted octanol–water partition coefficient (Wildman–Crippen LogP) is 7.38. The molecule has 3 aromatic carbocycles. The average Bonchev–Trinajstić information content (AvgIpc) is 3.67. The summed E-state index contributed by atoms with van der Waals surface area (Å²) in [5.41, 5.74) is 9.01. The Morgan fingerprint density at radius 1 is 0.982 bits per heavy atom. The summed E-state index contributed by atoms with van der Waals surface area (Å²) in [4.78, 5) is 19.0. The zero-order valence-corrected chi connectivity index (χ0v) is 35.1. The number of nitrogens with one attached hydrogen (secondary N) is 1. The lowest BCUT2D eigenvalue weighted by molar-refractivity contribution is -0.150. The second-order valence-corrected chi connectivity index (χ2v) is 15.8. The number of fused-ring (bicyclic) bond motifs is 10. The minimum Gasteiger partial charge on any atom is -0.504 e. The molecule has 5 aliphatic heterocycles. The quantitative estimate of drug-likeness (QED) is 0.217. The number of aromatic hydroxyl groups is 2. The molecule has 6 unspecified atom stereocenters. The number of esters is 1. The minimum absolute atomic E-state index is 0.0169. The van der Waals surface area contributed by atoms with Crippen molar-refractivity contribution in [3.8, 4) is 34.5 Å². The van der Waals surface area contributed by atoms with Crippen molar-refractivity contribution in [1.82, 2.24) is 15.1 Å². The zero-order valence-electron chi connectivity index (χ0n) is 34.3. The van der Waals surface area contributed by atoms with Crippen LogP contribution >= 0.6 is 11.8 Å². The summed E-state index contributed by atoms with van der Waals surface area (Å²) in [7, 11) is 5.27. The molecule has 0 aromatic heterocycles. The number of rotatable bonds is 6. The standard InChI is InChI=1S/C38H45N3O8S.C3H8.C2H6/c1-17-10-21-11-22-14-41-24(15-47-38(44)30-23-13-26(45-5)25(42)12-20(23)8-9-39-30)29-27(18(2)19(3)35-36(29)49-16-48-35)37(50-7)32(41)31(40(22)4)28(21)33(43)34(17)46-6;1-3-2;1-2/h10,12-13,22,24,30-32,37,39,42-43H,8-9,11,14-16H2,1-7H3;3H2,1-2H3;1-2H3. The zero-order chi connectivity index (χ0) is 39.9. The first-order chi connectivity index (χ1) is 26.5. The van der Waals surface area contributed by atoms with Gasteiger partial charge in [-0.15, -0.1) is 0 Å². The van der Waals surface area contributed by atoms with Crippen molar-refractivity contribution in [3.63, 3.8) is 0 Å². The van der Waals surface area contributed by atoms with Crippen LogP contribution < -0.4 is 24.3 Å². The Labute approximate surface area is 330 Å². The fourth-order valence-electron chi connectivity index (χ4n) is 9.39. The van der Waals surface area contributed by atoms with E-state index < -0.39 is 6.04 Å². The van der Waals surface area contributed by atoms with E-state index in [4.69, 9.17) is 23.7 Å². The molecule has 0 aliphatic carbocycles. The lowest BCUT2D eigenvalue weighted by atomic mass is 9.73. The highest BCUT2D eigenvalue weighted by Crippen LogP contribution is 2.61. The van der Waals surface area contributed by atoms with Gasteiger partial charge in [0.25, 0.3) is 0 Å². The lowest BCUT2D eigenvalue weighted by Gasteiger charge is -2.60. The number of nitrogens with zero attached hydrogens (tertiary/aromatic N) is 2. The molecule has 300 valence electrons. The molecule has 12 heteroatoms. The van der Waals surface area contributed by atoms with E-state index in [9.17, 15) is 15.0 Å². The molecule has 5 heterocycles. The van der Waals surface area contributed by atoms with Gasteiger partial charge in [0.1, 0.15) is 12.6 Å². The van der Waals surface area contributed by atoms with E-state index in [2.05, 4.69) is 62.2 Å². The van der Waals surface area contributed by atoms with Crippen LogP contribution in [0.4, 0.5) is 0 Å². The van der Waals surface area contributed by atoms with Crippen molar-refractivity contribution in [1.29, 1.82) is 0 Å². The Kier molecular flexibility index (Phi) is 12.4. The topological polar surface area (TPSA) is 122 Å². The van der Waals surface area contributed by atoms with Gasteiger partial charge >= 0.3 is 5.97 Å². The number of likely N-dealkylation sites (N-methyl/N-ethyl adjacent to an activating group) is 1. The van der Waals surface area contributed by atoms with E-state index in [-0.39, 0.29) is 60.3 Å². The molecule has 0 spiro atoms. The Balaban J connectivity index is 0.000000982. The van der Waals surface area contributed by atoms with Crippen LogP contribution in [0.2, 0.25) is 0 Å². The predicted molar refractivity (Wildman–Crippen MR) is 216 cm³/mol. The first-order valence-electron chi connectivity index (χ1n) is 19.6. The molecule has 3 N–H and O–H groups in total. The third-order valence-corrected chi connectivity index (χ3v) is 12.8. The first kappa shape index (κ1) is 40.8. The Morgan fingerprint density at radius 3 is 2.36 bits per heavy atom. The van der Waals surface area contributed by atoms with Crippen molar-refractivity contribution in [3.05, 3.63) is 68.3 Å². The summed E-state index contributed by atoms with van der Waals surface area (Å²) < 4.78 is 29.8. The molecule has 1 fully saturated rings. The number of phenolic OH excluding ortho intramolecular Hbond substituents is 2. The van der Waals surface area contributed by atoms with E-state index in [1.807, 2.05) is 20.8 Å². The van der Waals surface area contributed by atoms with Gasteiger partial charge in [-0.3, -0.25) is 9.80 Å². The largest absolute Gasteiger partial charge is 0.504 e. The maximum absolute atomic E-state index is 14.1. The van der Waals surface area contributed by atoms with Gasteiger partial charge in [-0.05, 0) is 98.0 Å². The second kappa shape index (κ2) is 16.7. The van der Waals surface area contributed by atoms with E-state index >= 15 is 0 Å². The highest BCUT2D eigenvalue weighted by Gasteiger charge is 2.56.